The van der Waals surface area contributed by atoms with Gasteiger partial charge in [0.15, 0.2) is 0 Å². The Morgan fingerprint density at radius 2 is 2.43 bits per heavy atom. The third-order valence-corrected chi connectivity index (χ3v) is 1.97. The van der Waals surface area contributed by atoms with E-state index in [2.05, 4.69) is 4.98 Å². The number of nitriles is 1. The molecule has 1 aromatic rings. The van der Waals surface area contributed by atoms with Crippen LogP contribution in [0.1, 0.15) is 18.5 Å². The highest BCUT2D eigenvalue weighted by atomic mass is 35.5. The second kappa shape index (κ2) is 4.03. The highest BCUT2D eigenvalue weighted by molar-refractivity contribution is 6.31. The van der Waals surface area contributed by atoms with Crippen molar-refractivity contribution in [2.75, 3.05) is 0 Å². The summed E-state index contributed by atoms with van der Waals surface area (Å²) in [6, 6.07) is 3.15. The molecule has 0 N–H and O–H groups in total. The summed E-state index contributed by atoms with van der Waals surface area (Å²) in [6.45, 7) is 1.63. The monoisotopic (exact) mass is 211 g/mol. The second-order valence-electron chi connectivity index (χ2n) is 2.67. The molecule has 0 amide bonds. The van der Waals surface area contributed by atoms with E-state index in [0.29, 0.717) is 5.69 Å². The molecule has 0 saturated heterocycles. The molecule has 1 unspecified atom stereocenters. The van der Waals surface area contributed by atoms with Crippen LogP contribution in [0.2, 0.25) is 5.02 Å². The van der Waals surface area contributed by atoms with Gasteiger partial charge in [-0.2, -0.15) is 5.26 Å². The second-order valence-corrected chi connectivity index (χ2v) is 3.08. The van der Waals surface area contributed by atoms with Crippen molar-refractivity contribution in [1.82, 2.24) is 4.98 Å². The van der Waals surface area contributed by atoms with Crippen LogP contribution in [0.5, 0.6) is 0 Å². The van der Waals surface area contributed by atoms with Gasteiger partial charge in [0, 0.05) is 6.07 Å². The zero-order chi connectivity index (χ0) is 10.7. The number of halogens is 1. The van der Waals surface area contributed by atoms with Gasteiger partial charge < -0.3 is 0 Å². The standard InChI is InChI=1S/C8H6ClN3O2/c1-5(3-10)8-7(9)2-6(4-11-8)12(13)14/h2,4-5H,1H3. The number of aromatic nitrogens is 1. The molecule has 0 bridgehead atoms. The lowest BCUT2D eigenvalue weighted by Crippen LogP contribution is -1.97. The van der Waals surface area contributed by atoms with Crippen LogP contribution >= 0.6 is 11.6 Å². The van der Waals surface area contributed by atoms with Crippen molar-refractivity contribution in [3.8, 4) is 6.07 Å². The number of pyridine rings is 1. The van der Waals surface area contributed by atoms with Crippen LogP contribution in [-0.4, -0.2) is 9.91 Å². The van der Waals surface area contributed by atoms with E-state index in [0.717, 1.165) is 6.20 Å². The van der Waals surface area contributed by atoms with E-state index in [9.17, 15) is 10.1 Å². The largest absolute Gasteiger partial charge is 0.289 e. The molecule has 0 aromatic carbocycles. The van der Waals surface area contributed by atoms with Gasteiger partial charge >= 0.3 is 0 Å². The molecular weight excluding hydrogens is 206 g/mol. The smallest absolute Gasteiger partial charge is 0.258 e. The van der Waals surface area contributed by atoms with Gasteiger partial charge in [0.1, 0.15) is 6.20 Å². The van der Waals surface area contributed by atoms with Crippen LogP contribution in [0.25, 0.3) is 0 Å². The first-order valence-electron chi connectivity index (χ1n) is 3.75. The fourth-order valence-electron chi connectivity index (χ4n) is 0.918. The number of nitro groups is 1. The predicted octanol–water partition coefficient (Wildman–Crippen LogP) is 2.27. The lowest BCUT2D eigenvalue weighted by molar-refractivity contribution is -0.385. The van der Waals surface area contributed by atoms with Gasteiger partial charge in [-0.3, -0.25) is 15.1 Å². The maximum atomic E-state index is 10.3. The molecule has 1 rings (SSSR count). The molecule has 72 valence electrons. The Morgan fingerprint density at radius 1 is 1.79 bits per heavy atom. The van der Waals surface area contributed by atoms with Gasteiger partial charge in [-0.05, 0) is 6.92 Å². The topological polar surface area (TPSA) is 79.8 Å². The van der Waals surface area contributed by atoms with Crippen LogP contribution in [-0.2, 0) is 0 Å². The van der Waals surface area contributed by atoms with E-state index in [1.165, 1.54) is 6.07 Å². The maximum Gasteiger partial charge on any atom is 0.289 e. The Kier molecular flexibility index (Phi) is 2.99. The molecule has 5 nitrogen and oxygen atoms in total. The maximum absolute atomic E-state index is 10.3. The quantitative estimate of drug-likeness (QED) is 0.555. The van der Waals surface area contributed by atoms with E-state index >= 15 is 0 Å². The first kappa shape index (κ1) is 10.4. The third kappa shape index (κ3) is 1.98. The van der Waals surface area contributed by atoms with Crippen molar-refractivity contribution < 1.29 is 4.92 Å². The van der Waals surface area contributed by atoms with Crippen molar-refractivity contribution in [1.29, 1.82) is 5.26 Å². The molecule has 0 radical (unpaired) electrons. The van der Waals surface area contributed by atoms with Crippen molar-refractivity contribution >= 4 is 17.3 Å². The molecule has 6 heteroatoms. The van der Waals surface area contributed by atoms with Crippen molar-refractivity contribution in [3.05, 3.63) is 33.1 Å². The first-order valence-corrected chi connectivity index (χ1v) is 4.13. The fraction of sp³-hybridized carbons (Fsp3) is 0.250. The lowest BCUT2D eigenvalue weighted by Gasteiger charge is -2.03. The minimum absolute atomic E-state index is 0.147. The minimum atomic E-state index is -0.584. The Balaban J connectivity index is 3.15. The zero-order valence-electron chi connectivity index (χ0n) is 7.27. The van der Waals surface area contributed by atoms with Gasteiger partial charge in [0.2, 0.25) is 0 Å². The summed E-state index contributed by atoms with van der Waals surface area (Å²) in [5.41, 5.74) is 0.184. The first-order chi connectivity index (χ1) is 6.56. The summed E-state index contributed by atoms with van der Waals surface area (Å²) in [7, 11) is 0. The predicted molar refractivity (Wildman–Crippen MR) is 49.9 cm³/mol. The molecule has 0 spiro atoms. The Morgan fingerprint density at radius 3 is 2.86 bits per heavy atom. The SMILES string of the molecule is CC(C#N)c1ncc([N+](=O)[O-])cc1Cl. The van der Waals surface area contributed by atoms with Crippen LogP contribution in [0.15, 0.2) is 12.3 Å². The molecular formula is C8H6ClN3O2. The molecule has 0 aliphatic rings. The molecule has 0 saturated carbocycles. The molecule has 0 fully saturated rings. The average molecular weight is 212 g/mol. The van der Waals surface area contributed by atoms with Crippen molar-refractivity contribution in [2.24, 2.45) is 0 Å². The molecule has 1 aromatic heterocycles. The summed E-state index contributed by atoms with van der Waals surface area (Å²) in [6.07, 6.45) is 1.09. The molecule has 14 heavy (non-hydrogen) atoms. The highest BCUT2D eigenvalue weighted by Gasteiger charge is 2.14. The molecule has 0 aliphatic heterocycles. The summed E-state index contributed by atoms with van der Waals surface area (Å²) < 4.78 is 0. The summed E-state index contributed by atoms with van der Waals surface area (Å²) in [4.78, 5) is 13.5. The van der Waals surface area contributed by atoms with Crippen molar-refractivity contribution in [3.63, 3.8) is 0 Å². The van der Waals surface area contributed by atoms with Gasteiger partial charge in [-0.15, -0.1) is 0 Å². The molecule has 0 aliphatic carbocycles. The Hall–Kier alpha value is -1.67. The van der Waals surface area contributed by atoms with Crippen molar-refractivity contribution in [2.45, 2.75) is 12.8 Å². The van der Waals surface area contributed by atoms with E-state index < -0.39 is 10.8 Å². The lowest BCUT2D eigenvalue weighted by atomic mass is 10.1. The number of hydrogen-bond donors (Lipinski definition) is 0. The average Bonchev–Trinajstić information content (AvgIpc) is 2.16. The van der Waals surface area contributed by atoms with Crippen LogP contribution in [0, 0.1) is 21.4 Å². The van der Waals surface area contributed by atoms with E-state index in [4.69, 9.17) is 16.9 Å². The highest BCUT2D eigenvalue weighted by Crippen LogP contribution is 2.25. The Bertz CT molecular complexity index is 414. The number of nitrogens with zero attached hydrogens (tertiary/aromatic N) is 3. The van der Waals surface area contributed by atoms with E-state index in [1.807, 2.05) is 6.07 Å². The number of hydrogen-bond acceptors (Lipinski definition) is 4. The molecule has 1 heterocycles. The Labute approximate surface area is 85.1 Å². The minimum Gasteiger partial charge on any atom is -0.258 e. The normalized spacial score (nSPS) is 11.8. The van der Waals surface area contributed by atoms with Gasteiger partial charge in [-0.1, -0.05) is 11.6 Å². The van der Waals surface area contributed by atoms with Crippen LogP contribution in [0.3, 0.4) is 0 Å². The zero-order valence-corrected chi connectivity index (χ0v) is 8.02. The third-order valence-electron chi connectivity index (χ3n) is 1.67. The van der Waals surface area contributed by atoms with Gasteiger partial charge in [-0.25, -0.2) is 0 Å². The summed E-state index contributed by atoms with van der Waals surface area (Å²) in [5.74, 6) is -0.469. The summed E-state index contributed by atoms with van der Waals surface area (Å²) in [5, 5.41) is 19.1. The summed E-state index contributed by atoms with van der Waals surface area (Å²) >= 11 is 5.73. The molecule has 1 atom stereocenters. The number of rotatable bonds is 2. The van der Waals surface area contributed by atoms with Crippen LogP contribution < -0.4 is 0 Å². The van der Waals surface area contributed by atoms with E-state index in [-0.39, 0.29) is 10.7 Å². The van der Waals surface area contributed by atoms with E-state index in [1.54, 1.807) is 6.92 Å². The van der Waals surface area contributed by atoms with Gasteiger partial charge in [0.25, 0.3) is 5.69 Å². The van der Waals surface area contributed by atoms with Crippen LogP contribution in [0.4, 0.5) is 5.69 Å². The fourth-order valence-corrected chi connectivity index (χ4v) is 1.24. The van der Waals surface area contributed by atoms with Gasteiger partial charge in [0.05, 0.1) is 27.6 Å².